The average Bonchev–Trinajstić information content (AvgIpc) is 2.65. The monoisotopic (exact) mass is 242 g/mol. The van der Waals surface area contributed by atoms with E-state index < -0.39 is 23.3 Å². The van der Waals surface area contributed by atoms with Gasteiger partial charge in [0, 0.05) is 6.54 Å². The third kappa shape index (κ3) is 2.14. The SMILES string of the molecule is NCC1(C(=O)NC2COCC2C(=O)O)CCC1. The van der Waals surface area contributed by atoms with Crippen LogP contribution in [0.3, 0.4) is 0 Å². The maximum absolute atomic E-state index is 12.1. The first kappa shape index (κ1) is 12.3. The van der Waals surface area contributed by atoms with E-state index in [0.29, 0.717) is 6.54 Å². The van der Waals surface area contributed by atoms with Crippen LogP contribution in [-0.4, -0.2) is 42.8 Å². The van der Waals surface area contributed by atoms with E-state index in [4.69, 9.17) is 15.6 Å². The van der Waals surface area contributed by atoms with Crippen LogP contribution in [0.4, 0.5) is 0 Å². The van der Waals surface area contributed by atoms with Crippen molar-refractivity contribution < 1.29 is 19.4 Å². The van der Waals surface area contributed by atoms with Gasteiger partial charge in [-0.2, -0.15) is 0 Å². The number of carboxylic acids is 1. The van der Waals surface area contributed by atoms with E-state index in [9.17, 15) is 9.59 Å². The summed E-state index contributed by atoms with van der Waals surface area (Å²) in [6.45, 7) is 0.753. The van der Waals surface area contributed by atoms with Gasteiger partial charge in [0.25, 0.3) is 0 Å². The highest BCUT2D eigenvalue weighted by Crippen LogP contribution is 2.40. The van der Waals surface area contributed by atoms with Crippen LogP contribution in [0.25, 0.3) is 0 Å². The summed E-state index contributed by atoms with van der Waals surface area (Å²) in [5.41, 5.74) is 5.16. The number of rotatable bonds is 4. The van der Waals surface area contributed by atoms with Gasteiger partial charge in [-0.25, -0.2) is 0 Å². The van der Waals surface area contributed by atoms with Gasteiger partial charge in [-0.05, 0) is 12.8 Å². The van der Waals surface area contributed by atoms with Gasteiger partial charge < -0.3 is 20.9 Å². The predicted octanol–water partition coefficient (Wildman–Crippen LogP) is -0.669. The fourth-order valence-electron chi connectivity index (χ4n) is 2.39. The van der Waals surface area contributed by atoms with Crippen molar-refractivity contribution in [1.82, 2.24) is 5.32 Å². The number of carbonyl (C=O) groups is 2. The Bertz CT molecular complexity index is 322. The Morgan fingerprint density at radius 1 is 1.41 bits per heavy atom. The van der Waals surface area contributed by atoms with Crippen molar-refractivity contribution in [1.29, 1.82) is 0 Å². The third-order valence-electron chi connectivity index (χ3n) is 3.90. The summed E-state index contributed by atoms with van der Waals surface area (Å²) < 4.78 is 5.10. The molecule has 0 aromatic heterocycles. The lowest BCUT2D eigenvalue weighted by molar-refractivity contribution is -0.143. The molecule has 6 heteroatoms. The molecule has 1 aliphatic heterocycles. The van der Waals surface area contributed by atoms with E-state index in [2.05, 4.69) is 5.32 Å². The Balaban J connectivity index is 1.96. The molecule has 1 heterocycles. The first-order valence-electron chi connectivity index (χ1n) is 5.91. The van der Waals surface area contributed by atoms with Crippen LogP contribution in [0.2, 0.25) is 0 Å². The molecule has 2 unspecified atom stereocenters. The molecule has 17 heavy (non-hydrogen) atoms. The molecule has 0 radical (unpaired) electrons. The summed E-state index contributed by atoms with van der Waals surface area (Å²) in [7, 11) is 0. The molecule has 0 aromatic rings. The zero-order valence-electron chi connectivity index (χ0n) is 9.65. The summed E-state index contributed by atoms with van der Waals surface area (Å²) in [4.78, 5) is 23.0. The molecular weight excluding hydrogens is 224 g/mol. The van der Waals surface area contributed by atoms with Gasteiger partial charge in [-0.1, -0.05) is 6.42 Å². The molecule has 0 spiro atoms. The van der Waals surface area contributed by atoms with Gasteiger partial charge in [0.05, 0.1) is 24.7 Å². The van der Waals surface area contributed by atoms with E-state index in [1.807, 2.05) is 0 Å². The Hall–Kier alpha value is -1.14. The molecular formula is C11H18N2O4. The minimum Gasteiger partial charge on any atom is -0.481 e. The lowest BCUT2D eigenvalue weighted by atomic mass is 9.68. The van der Waals surface area contributed by atoms with Crippen LogP contribution in [0, 0.1) is 11.3 Å². The van der Waals surface area contributed by atoms with Crippen molar-refractivity contribution in [3.05, 3.63) is 0 Å². The van der Waals surface area contributed by atoms with E-state index in [0.717, 1.165) is 19.3 Å². The largest absolute Gasteiger partial charge is 0.481 e. The van der Waals surface area contributed by atoms with Gasteiger partial charge >= 0.3 is 5.97 Å². The molecule has 4 N–H and O–H groups in total. The smallest absolute Gasteiger partial charge is 0.311 e. The second-order valence-electron chi connectivity index (χ2n) is 4.90. The van der Waals surface area contributed by atoms with Crippen LogP contribution >= 0.6 is 0 Å². The number of aliphatic carboxylic acids is 1. The lowest BCUT2D eigenvalue weighted by Crippen LogP contribution is -2.54. The number of hydrogen-bond acceptors (Lipinski definition) is 4. The second-order valence-corrected chi connectivity index (χ2v) is 4.90. The van der Waals surface area contributed by atoms with Crippen molar-refractivity contribution in [2.24, 2.45) is 17.1 Å². The topological polar surface area (TPSA) is 102 Å². The summed E-state index contributed by atoms with van der Waals surface area (Å²) in [6, 6.07) is -0.427. The number of nitrogens with one attached hydrogen (secondary N) is 1. The quantitative estimate of drug-likeness (QED) is 0.607. The highest BCUT2D eigenvalue weighted by atomic mass is 16.5. The van der Waals surface area contributed by atoms with Crippen molar-refractivity contribution in [2.75, 3.05) is 19.8 Å². The highest BCUT2D eigenvalue weighted by molar-refractivity contribution is 5.85. The highest BCUT2D eigenvalue weighted by Gasteiger charge is 2.45. The summed E-state index contributed by atoms with van der Waals surface area (Å²) in [5, 5.41) is 11.8. The third-order valence-corrected chi connectivity index (χ3v) is 3.90. The summed E-state index contributed by atoms with van der Waals surface area (Å²) in [6.07, 6.45) is 2.59. The summed E-state index contributed by atoms with van der Waals surface area (Å²) >= 11 is 0. The van der Waals surface area contributed by atoms with Gasteiger partial charge in [-0.3, -0.25) is 9.59 Å². The number of amides is 1. The molecule has 2 rings (SSSR count). The average molecular weight is 242 g/mol. The van der Waals surface area contributed by atoms with Crippen molar-refractivity contribution in [3.8, 4) is 0 Å². The zero-order chi connectivity index (χ0) is 12.5. The van der Waals surface area contributed by atoms with Crippen LogP contribution in [0.1, 0.15) is 19.3 Å². The van der Waals surface area contributed by atoms with Gasteiger partial charge in [0.1, 0.15) is 5.92 Å². The number of carbonyl (C=O) groups excluding carboxylic acids is 1. The molecule has 0 aromatic carbocycles. The molecule has 1 saturated heterocycles. The minimum absolute atomic E-state index is 0.118. The number of nitrogens with two attached hydrogens (primary N) is 1. The standard InChI is InChI=1S/C11H18N2O4/c12-6-11(2-1-3-11)10(16)13-8-5-17-4-7(8)9(14)15/h7-8H,1-6,12H2,(H,13,16)(H,14,15). The lowest BCUT2D eigenvalue weighted by Gasteiger charge is -2.40. The molecule has 1 aliphatic carbocycles. The predicted molar refractivity (Wildman–Crippen MR) is 59.2 cm³/mol. The number of hydrogen-bond donors (Lipinski definition) is 3. The van der Waals surface area contributed by atoms with Crippen LogP contribution in [-0.2, 0) is 14.3 Å². The molecule has 6 nitrogen and oxygen atoms in total. The normalized spacial score (nSPS) is 30.6. The molecule has 2 atom stereocenters. The number of carboxylic acid groups (broad SMARTS) is 1. The van der Waals surface area contributed by atoms with E-state index in [1.165, 1.54) is 0 Å². The van der Waals surface area contributed by atoms with Crippen LogP contribution < -0.4 is 11.1 Å². The molecule has 2 aliphatic rings. The maximum atomic E-state index is 12.1. The van der Waals surface area contributed by atoms with Crippen LogP contribution in [0.5, 0.6) is 0 Å². The zero-order valence-corrected chi connectivity index (χ0v) is 9.65. The number of ether oxygens (including phenoxy) is 1. The molecule has 1 amide bonds. The Morgan fingerprint density at radius 2 is 2.12 bits per heavy atom. The van der Waals surface area contributed by atoms with Gasteiger partial charge in [-0.15, -0.1) is 0 Å². The Kier molecular flexibility index (Phi) is 3.35. The van der Waals surface area contributed by atoms with Gasteiger partial charge in [0.15, 0.2) is 0 Å². The second kappa shape index (κ2) is 4.62. The van der Waals surface area contributed by atoms with Crippen molar-refractivity contribution >= 4 is 11.9 Å². The molecule has 2 fully saturated rings. The fourth-order valence-corrected chi connectivity index (χ4v) is 2.39. The first-order chi connectivity index (χ1) is 8.09. The minimum atomic E-state index is -0.928. The van der Waals surface area contributed by atoms with E-state index >= 15 is 0 Å². The fraction of sp³-hybridized carbons (Fsp3) is 0.818. The Morgan fingerprint density at radius 3 is 2.59 bits per heavy atom. The van der Waals surface area contributed by atoms with Crippen molar-refractivity contribution in [3.63, 3.8) is 0 Å². The molecule has 1 saturated carbocycles. The van der Waals surface area contributed by atoms with Crippen molar-refractivity contribution in [2.45, 2.75) is 25.3 Å². The van der Waals surface area contributed by atoms with E-state index in [1.54, 1.807) is 0 Å². The first-order valence-corrected chi connectivity index (χ1v) is 5.91. The van der Waals surface area contributed by atoms with Gasteiger partial charge in [0.2, 0.25) is 5.91 Å². The van der Waals surface area contributed by atoms with E-state index in [-0.39, 0.29) is 19.1 Å². The maximum Gasteiger partial charge on any atom is 0.311 e. The van der Waals surface area contributed by atoms with Crippen LogP contribution in [0.15, 0.2) is 0 Å². The Labute approximate surface area is 99.5 Å². The summed E-state index contributed by atoms with van der Waals surface area (Å²) in [5.74, 6) is -1.69. The molecule has 96 valence electrons. The molecule has 0 bridgehead atoms.